The van der Waals surface area contributed by atoms with Gasteiger partial charge >= 0.3 is 0 Å². The zero-order valence-electron chi connectivity index (χ0n) is 6.99. The zero-order chi connectivity index (χ0) is 9.24. The van der Waals surface area contributed by atoms with Gasteiger partial charge in [0.25, 0.3) is 0 Å². The number of hydrogen-bond donors (Lipinski definition) is 2. The second-order valence-corrected chi connectivity index (χ2v) is 5.72. The topological polar surface area (TPSA) is 80.4 Å². The van der Waals surface area contributed by atoms with E-state index < -0.39 is 15.4 Å². The van der Waals surface area contributed by atoms with Gasteiger partial charge in [0.2, 0.25) is 0 Å². The van der Waals surface area contributed by atoms with Gasteiger partial charge in [-0.15, -0.1) is 0 Å². The summed E-state index contributed by atoms with van der Waals surface area (Å²) in [4.78, 5) is 0. The molecule has 5 heteroatoms. The minimum absolute atomic E-state index is 0.0283. The molecular weight excluding hydrogens is 178 g/mol. The molecule has 1 heterocycles. The van der Waals surface area contributed by atoms with Crippen molar-refractivity contribution in [2.24, 2.45) is 5.73 Å². The van der Waals surface area contributed by atoms with E-state index in [2.05, 4.69) is 0 Å². The van der Waals surface area contributed by atoms with Crippen LogP contribution in [0.1, 0.15) is 19.3 Å². The molecule has 1 atom stereocenters. The molecule has 1 aliphatic heterocycles. The third kappa shape index (κ3) is 2.43. The van der Waals surface area contributed by atoms with Crippen LogP contribution in [0.4, 0.5) is 0 Å². The van der Waals surface area contributed by atoms with E-state index in [0.717, 1.165) is 0 Å². The molecule has 0 bridgehead atoms. The third-order valence-electron chi connectivity index (χ3n) is 2.25. The van der Waals surface area contributed by atoms with Gasteiger partial charge in [-0.05, 0) is 19.3 Å². The summed E-state index contributed by atoms with van der Waals surface area (Å²) in [5.41, 5.74) is 5.13. The van der Waals surface area contributed by atoms with Crippen molar-refractivity contribution in [3.05, 3.63) is 0 Å². The van der Waals surface area contributed by atoms with Crippen LogP contribution in [0.2, 0.25) is 0 Å². The molecule has 1 aliphatic rings. The Morgan fingerprint density at radius 3 is 2.67 bits per heavy atom. The number of aliphatic hydroxyl groups excluding tert-OH is 1. The first-order valence-corrected chi connectivity index (χ1v) is 5.90. The average molecular weight is 193 g/mol. The number of hydrogen-bond acceptors (Lipinski definition) is 4. The first kappa shape index (κ1) is 9.95. The van der Waals surface area contributed by atoms with Gasteiger partial charge in [0.15, 0.2) is 9.84 Å². The molecular formula is C7H15NO3S. The van der Waals surface area contributed by atoms with Gasteiger partial charge < -0.3 is 10.8 Å². The maximum absolute atomic E-state index is 11.2. The number of rotatable bonds is 2. The summed E-state index contributed by atoms with van der Waals surface area (Å²) in [5, 5.41) is 8.68. The standard InChI is InChI=1S/C7H15NO3S/c8-7(3-4-9)2-1-5-12(10,11)6-7/h9H,1-6,8H2. The Morgan fingerprint density at radius 2 is 2.17 bits per heavy atom. The summed E-state index contributed by atoms with van der Waals surface area (Å²) in [5.74, 6) is 0.276. The molecule has 72 valence electrons. The van der Waals surface area contributed by atoms with Crippen molar-refractivity contribution in [3.8, 4) is 0 Å². The maximum atomic E-state index is 11.2. The average Bonchev–Trinajstić information content (AvgIpc) is 1.83. The van der Waals surface area contributed by atoms with Crippen LogP contribution in [0.15, 0.2) is 0 Å². The normalized spacial score (nSPS) is 34.8. The summed E-state index contributed by atoms with van der Waals surface area (Å²) in [6, 6.07) is 0. The predicted molar refractivity (Wildman–Crippen MR) is 46.5 cm³/mol. The summed E-state index contributed by atoms with van der Waals surface area (Å²) in [6.45, 7) is -0.0357. The Balaban J connectivity index is 2.68. The Kier molecular flexibility index (Phi) is 2.75. The highest BCUT2D eigenvalue weighted by molar-refractivity contribution is 7.91. The second kappa shape index (κ2) is 3.32. The second-order valence-electron chi connectivity index (χ2n) is 3.53. The lowest BCUT2D eigenvalue weighted by Crippen LogP contribution is -2.50. The van der Waals surface area contributed by atoms with Crippen LogP contribution >= 0.6 is 0 Å². The van der Waals surface area contributed by atoms with Gasteiger partial charge in [0.05, 0.1) is 11.5 Å². The molecule has 4 nitrogen and oxygen atoms in total. The fourth-order valence-corrected chi connectivity index (χ4v) is 3.54. The number of nitrogens with two attached hydrogens (primary N) is 1. The molecule has 12 heavy (non-hydrogen) atoms. The number of sulfone groups is 1. The third-order valence-corrected chi connectivity index (χ3v) is 4.17. The minimum Gasteiger partial charge on any atom is -0.396 e. The molecule has 0 spiro atoms. The molecule has 0 aromatic rings. The lowest BCUT2D eigenvalue weighted by atomic mass is 9.93. The van der Waals surface area contributed by atoms with Crippen molar-refractivity contribution >= 4 is 9.84 Å². The van der Waals surface area contributed by atoms with Crippen LogP contribution in [0, 0.1) is 0 Å². The van der Waals surface area contributed by atoms with Crippen LogP contribution in [0.3, 0.4) is 0 Å². The minimum atomic E-state index is -2.95. The summed E-state index contributed by atoms with van der Waals surface area (Å²) < 4.78 is 22.4. The van der Waals surface area contributed by atoms with E-state index in [1.165, 1.54) is 0 Å². The maximum Gasteiger partial charge on any atom is 0.152 e. The van der Waals surface area contributed by atoms with Crippen LogP contribution in [0.25, 0.3) is 0 Å². The van der Waals surface area contributed by atoms with Crippen LogP contribution in [-0.4, -0.2) is 37.2 Å². The van der Waals surface area contributed by atoms with Crippen LogP contribution in [-0.2, 0) is 9.84 Å². The summed E-state index contributed by atoms with van der Waals surface area (Å²) >= 11 is 0. The monoisotopic (exact) mass is 193 g/mol. The highest BCUT2D eigenvalue weighted by Gasteiger charge is 2.34. The molecule has 0 aliphatic carbocycles. The quantitative estimate of drug-likeness (QED) is 0.606. The number of aliphatic hydroxyl groups is 1. The van der Waals surface area contributed by atoms with Gasteiger partial charge in [-0.2, -0.15) is 0 Å². The molecule has 3 N–H and O–H groups in total. The molecule has 1 unspecified atom stereocenters. The first-order chi connectivity index (χ1) is 5.47. The predicted octanol–water partition coefficient (Wildman–Crippen LogP) is -0.725. The molecule has 0 aromatic heterocycles. The molecule has 0 saturated carbocycles. The molecule has 1 rings (SSSR count). The van der Waals surface area contributed by atoms with E-state index in [9.17, 15) is 8.42 Å². The van der Waals surface area contributed by atoms with Gasteiger partial charge in [-0.1, -0.05) is 0 Å². The molecule has 1 fully saturated rings. The van der Waals surface area contributed by atoms with Gasteiger partial charge in [-0.25, -0.2) is 8.42 Å². The zero-order valence-corrected chi connectivity index (χ0v) is 7.81. The highest BCUT2D eigenvalue weighted by Crippen LogP contribution is 2.23. The van der Waals surface area contributed by atoms with Crippen molar-refractivity contribution in [1.29, 1.82) is 0 Å². The van der Waals surface area contributed by atoms with Crippen LogP contribution < -0.4 is 5.73 Å². The lowest BCUT2D eigenvalue weighted by Gasteiger charge is -2.32. The van der Waals surface area contributed by atoms with Crippen LogP contribution in [0.5, 0.6) is 0 Å². The Bertz CT molecular complexity index is 245. The summed E-state index contributed by atoms with van der Waals surface area (Å²) in [6.07, 6.45) is 1.71. The Morgan fingerprint density at radius 1 is 1.50 bits per heavy atom. The van der Waals surface area contributed by atoms with Gasteiger partial charge in [0, 0.05) is 12.1 Å². The molecule has 0 aromatic carbocycles. The van der Waals surface area contributed by atoms with E-state index in [1.807, 2.05) is 0 Å². The Labute approximate surface area is 72.7 Å². The van der Waals surface area contributed by atoms with E-state index in [0.29, 0.717) is 19.3 Å². The lowest BCUT2D eigenvalue weighted by molar-refractivity contribution is 0.238. The molecule has 0 radical (unpaired) electrons. The summed E-state index contributed by atoms with van der Waals surface area (Å²) in [7, 11) is -2.95. The fourth-order valence-electron chi connectivity index (χ4n) is 1.65. The van der Waals surface area contributed by atoms with Crippen molar-refractivity contribution in [2.75, 3.05) is 18.1 Å². The van der Waals surface area contributed by atoms with E-state index in [-0.39, 0.29) is 18.1 Å². The smallest absolute Gasteiger partial charge is 0.152 e. The Hall–Kier alpha value is -0.130. The van der Waals surface area contributed by atoms with Crippen molar-refractivity contribution < 1.29 is 13.5 Å². The molecule has 0 amide bonds. The van der Waals surface area contributed by atoms with Gasteiger partial charge in [-0.3, -0.25) is 0 Å². The van der Waals surface area contributed by atoms with E-state index in [1.54, 1.807) is 0 Å². The van der Waals surface area contributed by atoms with Crippen molar-refractivity contribution in [1.82, 2.24) is 0 Å². The van der Waals surface area contributed by atoms with E-state index >= 15 is 0 Å². The largest absolute Gasteiger partial charge is 0.396 e. The van der Waals surface area contributed by atoms with Gasteiger partial charge in [0.1, 0.15) is 0 Å². The SMILES string of the molecule is NC1(CCO)CCCS(=O)(=O)C1. The van der Waals surface area contributed by atoms with Crippen molar-refractivity contribution in [2.45, 2.75) is 24.8 Å². The fraction of sp³-hybridized carbons (Fsp3) is 1.00. The van der Waals surface area contributed by atoms with E-state index in [4.69, 9.17) is 10.8 Å². The highest BCUT2D eigenvalue weighted by atomic mass is 32.2. The van der Waals surface area contributed by atoms with Crippen molar-refractivity contribution in [3.63, 3.8) is 0 Å². The molecule has 1 saturated heterocycles. The first-order valence-electron chi connectivity index (χ1n) is 4.08.